The molecule has 0 aliphatic carbocycles. The van der Waals surface area contributed by atoms with Gasteiger partial charge in [0.15, 0.2) is 6.61 Å². The van der Waals surface area contributed by atoms with Gasteiger partial charge in [-0.3, -0.25) is 4.79 Å². The van der Waals surface area contributed by atoms with Crippen molar-refractivity contribution in [2.45, 2.75) is 38.9 Å². The zero-order chi connectivity index (χ0) is 22.1. The number of amides is 1. The fourth-order valence-electron chi connectivity index (χ4n) is 3.04. The first-order valence-corrected chi connectivity index (χ1v) is 9.74. The lowest BCUT2D eigenvalue weighted by Crippen LogP contribution is -2.23. The zero-order valence-electron chi connectivity index (χ0n) is 17.1. The number of benzene rings is 2. The van der Waals surface area contributed by atoms with Crippen LogP contribution < -0.4 is 15.0 Å². The second kappa shape index (κ2) is 10.8. The SMILES string of the molecule is CC(=O)NC(C)c1ccc(O)cc1.FC(F)(F)COc1ccc(N2CCCC2)cc1. The average Bonchev–Trinajstić information content (AvgIpc) is 3.21. The van der Waals surface area contributed by atoms with E-state index in [-0.39, 0.29) is 23.4 Å². The molecule has 0 saturated carbocycles. The van der Waals surface area contributed by atoms with E-state index in [0.29, 0.717) is 0 Å². The fourth-order valence-corrected chi connectivity index (χ4v) is 3.04. The third-order valence-corrected chi connectivity index (χ3v) is 4.52. The second-order valence-electron chi connectivity index (χ2n) is 7.11. The molecule has 1 aliphatic rings. The van der Waals surface area contributed by atoms with Crippen molar-refractivity contribution in [2.24, 2.45) is 0 Å². The lowest BCUT2D eigenvalue weighted by molar-refractivity contribution is -0.153. The molecule has 164 valence electrons. The predicted molar refractivity (Wildman–Crippen MR) is 110 cm³/mol. The van der Waals surface area contributed by atoms with Crippen LogP contribution in [-0.2, 0) is 4.79 Å². The highest BCUT2D eigenvalue weighted by molar-refractivity contribution is 5.73. The van der Waals surface area contributed by atoms with E-state index in [2.05, 4.69) is 15.0 Å². The van der Waals surface area contributed by atoms with Gasteiger partial charge in [0.2, 0.25) is 5.91 Å². The van der Waals surface area contributed by atoms with Crippen molar-refractivity contribution in [3.8, 4) is 11.5 Å². The molecule has 3 rings (SSSR count). The van der Waals surface area contributed by atoms with Crippen LogP contribution in [0.2, 0.25) is 0 Å². The maximum absolute atomic E-state index is 11.9. The molecule has 8 heteroatoms. The molecule has 5 nitrogen and oxygen atoms in total. The number of phenolic OH excluding ortho intramolecular Hbond substituents is 1. The number of anilines is 1. The van der Waals surface area contributed by atoms with Crippen LogP contribution in [0.15, 0.2) is 48.5 Å². The maximum atomic E-state index is 11.9. The number of phenols is 1. The molecular weight excluding hydrogens is 397 g/mol. The number of hydrogen-bond donors (Lipinski definition) is 2. The molecule has 0 aromatic heterocycles. The van der Waals surface area contributed by atoms with E-state index in [4.69, 9.17) is 5.11 Å². The van der Waals surface area contributed by atoms with Crippen molar-refractivity contribution in [2.75, 3.05) is 24.6 Å². The smallest absolute Gasteiger partial charge is 0.422 e. The van der Waals surface area contributed by atoms with E-state index < -0.39 is 12.8 Å². The van der Waals surface area contributed by atoms with Gasteiger partial charge >= 0.3 is 6.18 Å². The van der Waals surface area contributed by atoms with Gasteiger partial charge in [0.1, 0.15) is 11.5 Å². The summed E-state index contributed by atoms with van der Waals surface area (Å²) in [5.74, 6) is 0.435. The first-order valence-electron chi connectivity index (χ1n) is 9.74. The highest BCUT2D eigenvalue weighted by Gasteiger charge is 2.28. The number of ether oxygens (including phenoxy) is 1. The van der Waals surface area contributed by atoms with Gasteiger partial charge in [-0.2, -0.15) is 13.2 Å². The van der Waals surface area contributed by atoms with Crippen LogP contribution in [0.25, 0.3) is 0 Å². The molecule has 1 atom stereocenters. The van der Waals surface area contributed by atoms with Crippen LogP contribution in [0.5, 0.6) is 11.5 Å². The molecule has 0 spiro atoms. The number of rotatable bonds is 5. The maximum Gasteiger partial charge on any atom is 0.422 e. The topological polar surface area (TPSA) is 61.8 Å². The van der Waals surface area contributed by atoms with E-state index in [1.165, 1.54) is 19.8 Å². The molecule has 0 radical (unpaired) electrons. The number of nitrogens with one attached hydrogen (secondary N) is 1. The van der Waals surface area contributed by atoms with Gasteiger partial charge in [0.05, 0.1) is 6.04 Å². The third-order valence-electron chi connectivity index (χ3n) is 4.52. The van der Waals surface area contributed by atoms with Gasteiger partial charge in [-0.15, -0.1) is 0 Å². The number of hydrogen-bond acceptors (Lipinski definition) is 4. The summed E-state index contributed by atoms with van der Waals surface area (Å²) < 4.78 is 40.4. The Hall–Kier alpha value is -2.90. The normalized spacial score (nSPS) is 14.5. The molecule has 1 unspecified atom stereocenters. The number of nitrogens with zero attached hydrogens (tertiary/aromatic N) is 1. The lowest BCUT2D eigenvalue weighted by Gasteiger charge is -2.18. The summed E-state index contributed by atoms with van der Waals surface area (Å²) >= 11 is 0. The minimum atomic E-state index is -4.28. The zero-order valence-corrected chi connectivity index (χ0v) is 17.1. The Labute approximate surface area is 174 Å². The molecule has 2 aromatic rings. The molecule has 2 N–H and O–H groups in total. The number of alkyl halides is 3. The van der Waals surface area contributed by atoms with E-state index in [1.807, 2.05) is 6.92 Å². The molecule has 1 amide bonds. The summed E-state index contributed by atoms with van der Waals surface area (Å²) in [4.78, 5) is 12.9. The number of aromatic hydroxyl groups is 1. The molecule has 1 fully saturated rings. The molecule has 2 aromatic carbocycles. The number of carbonyl (C=O) groups is 1. The Bertz CT molecular complexity index is 787. The second-order valence-corrected chi connectivity index (χ2v) is 7.11. The molecule has 1 aliphatic heterocycles. The minimum Gasteiger partial charge on any atom is -0.508 e. The molecule has 1 heterocycles. The van der Waals surface area contributed by atoms with Gasteiger partial charge < -0.3 is 20.1 Å². The average molecular weight is 424 g/mol. The van der Waals surface area contributed by atoms with Crippen molar-refractivity contribution in [1.82, 2.24) is 5.32 Å². The fraction of sp³-hybridized carbons (Fsp3) is 0.409. The van der Waals surface area contributed by atoms with Gasteiger partial charge in [-0.05, 0) is 61.7 Å². The van der Waals surface area contributed by atoms with Crippen LogP contribution in [0.4, 0.5) is 18.9 Å². The van der Waals surface area contributed by atoms with Crippen molar-refractivity contribution in [3.63, 3.8) is 0 Å². The van der Waals surface area contributed by atoms with Crippen LogP contribution in [0.3, 0.4) is 0 Å². The van der Waals surface area contributed by atoms with Crippen LogP contribution in [0, 0.1) is 0 Å². The van der Waals surface area contributed by atoms with E-state index >= 15 is 0 Å². The van der Waals surface area contributed by atoms with E-state index in [0.717, 1.165) is 24.3 Å². The first-order chi connectivity index (χ1) is 14.1. The van der Waals surface area contributed by atoms with Gasteiger partial charge in [-0.25, -0.2) is 0 Å². The molecule has 1 saturated heterocycles. The number of halogens is 3. The molecular formula is C22H27F3N2O3. The summed E-state index contributed by atoms with van der Waals surface area (Å²) in [5, 5.41) is 11.8. The summed E-state index contributed by atoms with van der Waals surface area (Å²) in [5.41, 5.74) is 2.02. The van der Waals surface area contributed by atoms with Crippen molar-refractivity contribution in [1.29, 1.82) is 0 Å². The summed E-state index contributed by atoms with van der Waals surface area (Å²) in [7, 11) is 0. The van der Waals surface area contributed by atoms with Crippen molar-refractivity contribution in [3.05, 3.63) is 54.1 Å². The quantitative estimate of drug-likeness (QED) is 0.723. The van der Waals surface area contributed by atoms with Crippen LogP contribution >= 0.6 is 0 Å². The summed E-state index contributed by atoms with van der Waals surface area (Å²) in [6.07, 6.45) is -1.94. The van der Waals surface area contributed by atoms with Crippen LogP contribution in [0.1, 0.15) is 38.3 Å². The lowest BCUT2D eigenvalue weighted by atomic mass is 10.1. The monoisotopic (exact) mass is 424 g/mol. The predicted octanol–water partition coefficient (Wildman–Crippen LogP) is 4.82. The molecule has 0 bridgehead atoms. The largest absolute Gasteiger partial charge is 0.508 e. The summed E-state index contributed by atoms with van der Waals surface area (Å²) in [6, 6.07) is 13.5. The van der Waals surface area contributed by atoms with Gasteiger partial charge in [0, 0.05) is 25.7 Å². The minimum absolute atomic E-state index is 0.0156. The van der Waals surface area contributed by atoms with E-state index in [1.54, 1.807) is 48.5 Å². The Kier molecular flexibility index (Phi) is 8.38. The van der Waals surface area contributed by atoms with Gasteiger partial charge in [-0.1, -0.05) is 12.1 Å². The number of carbonyl (C=O) groups excluding carboxylic acids is 1. The Morgan fingerprint density at radius 3 is 2.17 bits per heavy atom. The molecule has 30 heavy (non-hydrogen) atoms. The van der Waals surface area contributed by atoms with E-state index in [9.17, 15) is 18.0 Å². The summed E-state index contributed by atoms with van der Waals surface area (Å²) in [6.45, 7) is 4.17. The standard InChI is InChI=1S/C12H14F3NO.C10H13NO2/c13-12(14,15)9-17-11-5-3-10(4-6-11)16-7-1-2-8-16;1-7(11-8(2)12)9-3-5-10(13)6-4-9/h3-6H,1-2,7-9H2;3-7,13H,1-2H3,(H,11,12). The Morgan fingerprint density at radius 2 is 1.67 bits per heavy atom. The Morgan fingerprint density at radius 1 is 1.10 bits per heavy atom. The highest BCUT2D eigenvalue weighted by Crippen LogP contribution is 2.24. The first kappa shape index (κ1) is 23.4. The van der Waals surface area contributed by atoms with Crippen LogP contribution in [-0.4, -0.2) is 36.9 Å². The Balaban J connectivity index is 0.000000222. The van der Waals surface area contributed by atoms with Crippen molar-refractivity contribution >= 4 is 11.6 Å². The highest BCUT2D eigenvalue weighted by atomic mass is 19.4. The van der Waals surface area contributed by atoms with Crippen molar-refractivity contribution < 1.29 is 27.8 Å². The third kappa shape index (κ3) is 8.23. The van der Waals surface area contributed by atoms with Gasteiger partial charge in [0.25, 0.3) is 0 Å².